The minimum Gasteiger partial charge on any atom is -0.411 e. The van der Waals surface area contributed by atoms with E-state index >= 15 is 0 Å². The third kappa shape index (κ3) is 5.00. The van der Waals surface area contributed by atoms with Crippen molar-refractivity contribution in [3.63, 3.8) is 0 Å². The van der Waals surface area contributed by atoms with E-state index in [1.165, 1.54) is 0 Å². The molecule has 4 heteroatoms. The van der Waals surface area contributed by atoms with Crippen molar-refractivity contribution in [2.75, 3.05) is 0 Å². The highest BCUT2D eigenvalue weighted by Gasteiger charge is 2.06. The van der Waals surface area contributed by atoms with Gasteiger partial charge in [-0.25, -0.2) is 0 Å². The summed E-state index contributed by atoms with van der Waals surface area (Å²) in [6, 6.07) is 0. The highest BCUT2D eigenvalue weighted by molar-refractivity contribution is 6.26. The Morgan fingerprint density at radius 3 is 2.60 bits per heavy atom. The normalized spacial score (nSPS) is 14.9. The van der Waals surface area contributed by atoms with Crippen molar-refractivity contribution in [2.24, 2.45) is 5.16 Å². The van der Waals surface area contributed by atoms with Gasteiger partial charge in [0.25, 0.3) is 5.91 Å². The molecule has 0 fully saturated rings. The molecule has 0 atom stereocenters. The molecule has 0 spiro atoms. The molecule has 0 saturated carbocycles. The standard InChI is InChI=1S/C9H12N2O2.C2H6/c1-7-4-2-3-5-8(7)11-9(12)6-10-13;1-2/h4-6,13H,2-3H2,1H3,(H,11,12);1-2H3/b10-6+;. The first-order valence-corrected chi connectivity index (χ1v) is 5.09. The number of oxime groups is 1. The molecule has 0 aliphatic heterocycles. The Morgan fingerprint density at radius 2 is 2.07 bits per heavy atom. The van der Waals surface area contributed by atoms with Gasteiger partial charge in [-0.2, -0.15) is 0 Å². The number of amides is 1. The van der Waals surface area contributed by atoms with Crippen molar-refractivity contribution < 1.29 is 10.0 Å². The van der Waals surface area contributed by atoms with Gasteiger partial charge in [-0.15, -0.1) is 0 Å². The fourth-order valence-corrected chi connectivity index (χ4v) is 1.17. The second kappa shape index (κ2) is 7.79. The van der Waals surface area contributed by atoms with Crippen molar-refractivity contribution in [2.45, 2.75) is 33.6 Å². The first-order chi connectivity index (χ1) is 7.24. The van der Waals surface area contributed by atoms with Crippen LogP contribution in [0.15, 0.2) is 28.6 Å². The van der Waals surface area contributed by atoms with Crippen molar-refractivity contribution >= 4 is 12.1 Å². The summed E-state index contributed by atoms with van der Waals surface area (Å²) in [5.41, 5.74) is 1.85. The Morgan fingerprint density at radius 1 is 1.47 bits per heavy atom. The van der Waals surface area contributed by atoms with Crippen LogP contribution >= 0.6 is 0 Å². The van der Waals surface area contributed by atoms with Gasteiger partial charge < -0.3 is 10.5 Å². The van der Waals surface area contributed by atoms with E-state index in [9.17, 15) is 4.79 Å². The molecule has 84 valence electrons. The molecule has 0 saturated heterocycles. The van der Waals surface area contributed by atoms with Gasteiger partial charge in [-0.05, 0) is 25.3 Å². The van der Waals surface area contributed by atoms with Crippen molar-refractivity contribution in [3.05, 3.63) is 23.4 Å². The number of nitrogens with one attached hydrogen (secondary N) is 1. The first-order valence-electron chi connectivity index (χ1n) is 5.09. The van der Waals surface area contributed by atoms with Crippen molar-refractivity contribution in [1.82, 2.24) is 5.32 Å². The molecule has 0 radical (unpaired) electrons. The van der Waals surface area contributed by atoms with E-state index in [2.05, 4.69) is 16.5 Å². The molecule has 4 nitrogen and oxygen atoms in total. The Labute approximate surface area is 90.4 Å². The zero-order valence-corrected chi connectivity index (χ0v) is 9.45. The van der Waals surface area contributed by atoms with Gasteiger partial charge in [0.05, 0.1) is 0 Å². The van der Waals surface area contributed by atoms with E-state index < -0.39 is 5.91 Å². The maximum Gasteiger partial charge on any atom is 0.270 e. The van der Waals surface area contributed by atoms with E-state index in [-0.39, 0.29) is 0 Å². The van der Waals surface area contributed by atoms with Crippen LogP contribution in [0.4, 0.5) is 0 Å². The minimum absolute atomic E-state index is 0.414. The van der Waals surface area contributed by atoms with E-state index in [1.54, 1.807) is 0 Å². The summed E-state index contributed by atoms with van der Waals surface area (Å²) in [6.45, 7) is 5.93. The average Bonchev–Trinajstić information content (AvgIpc) is 2.25. The fourth-order valence-electron chi connectivity index (χ4n) is 1.17. The molecule has 0 unspecified atom stereocenters. The summed E-state index contributed by atoms with van der Waals surface area (Å²) in [7, 11) is 0. The molecule has 1 amide bonds. The molecule has 15 heavy (non-hydrogen) atoms. The average molecular weight is 210 g/mol. The quantitative estimate of drug-likeness (QED) is 0.417. The summed E-state index contributed by atoms with van der Waals surface area (Å²) in [4.78, 5) is 11.0. The van der Waals surface area contributed by atoms with Gasteiger partial charge in [-0.1, -0.05) is 31.2 Å². The van der Waals surface area contributed by atoms with Gasteiger partial charge in [0.15, 0.2) is 0 Å². The zero-order valence-electron chi connectivity index (χ0n) is 9.45. The summed E-state index contributed by atoms with van der Waals surface area (Å²) < 4.78 is 0. The summed E-state index contributed by atoms with van der Waals surface area (Å²) >= 11 is 0. The van der Waals surface area contributed by atoms with Crippen LogP contribution < -0.4 is 5.32 Å². The van der Waals surface area contributed by atoms with Crippen LogP contribution in [0.25, 0.3) is 0 Å². The lowest BCUT2D eigenvalue weighted by atomic mass is 10.1. The predicted molar refractivity (Wildman–Crippen MR) is 60.8 cm³/mol. The smallest absolute Gasteiger partial charge is 0.270 e. The highest BCUT2D eigenvalue weighted by Crippen LogP contribution is 2.14. The first kappa shape index (κ1) is 13.4. The molecule has 2 N–H and O–H groups in total. The Balaban J connectivity index is 0.000000921. The van der Waals surface area contributed by atoms with E-state index in [0.29, 0.717) is 0 Å². The Kier molecular flexibility index (Phi) is 6.97. The van der Waals surface area contributed by atoms with Gasteiger partial charge in [-0.3, -0.25) is 4.79 Å². The van der Waals surface area contributed by atoms with E-state index in [1.807, 2.05) is 26.8 Å². The van der Waals surface area contributed by atoms with Crippen molar-refractivity contribution in [3.8, 4) is 0 Å². The zero-order chi connectivity index (χ0) is 11.7. The van der Waals surface area contributed by atoms with E-state index in [4.69, 9.17) is 5.21 Å². The maximum absolute atomic E-state index is 11.0. The topological polar surface area (TPSA) is 61.7 Å². The summed E-state index contributed by atoms with van der Waals surface area (Å²) in [5, 5.41) is 13.4. The third-order valence-electron chi connectivity index (χ3n) is 1.82. The summed E-state index contributed by atoms with van der Waals surface area (Å²) in [6.07, 6.45) is 6.80. The van der Waals surface area contributed by atoms with Crippen LogP contribution in [0.3, 0.4) is 0 Å². The third-order valence-corrected chi connectivity index (χ3v) is 1.82. The Bertz CT molecular complexity index is 291. The van der Waals surface area contributed by atoms with Gasteiger partial charge >= 0.3 is 0 Å². The molecule has 1 rings (SSSR count). The van der Waals surface area contributed by atoms with Crippen LogP contribution in [0.2, 0.25) is 0 Å². The lowest BCUT2D eigenvalue weighted by Gasteiger charge is -2.12. The van der Waals surface area contributed by atoms with Crippen LogP contribution in [0, 0.1) is 0 Å². The molecule has 0 aromatic carbocycles. The molecular weight excluding hydrogens is 192 g/mol. The molecule has 0 aromatic heterocycles. The fraction of sp³-hybridized carbons (Fsp3) is 0.455. The van der Waals surface area contributed by atoms with Crippen LogP contribution in [0.5, 0.6) is 0 Å². The molecule has 0 aromatic rings. The van der Waals surface area contributed by atoms with Crippen LogP contribution in [-0.4, -0.2) is 17.3 Å². The summed E-state index contributed by atoms with van der Waals surface area (Å²) in [5.74, 6) is -0.414. The van der Waals surface area contributed by atoms with Gasteiger partial charge in [0, 0.05) is 5.70 Å². The number of allylic oxidation sites excluding steroid dienone is 3. The van der Waals surface area contributed by atoms with Gasteiger partial charge in [0.1, 0.15) is 6.21 Å². The second-order valence-corrected chi connectivity index (χ2v) is 2.82. The SMILES string of the molecule is CC.CC1=CCCC=C1NC(=O)/C=N/O. The lowest BCUT2D eigenvalue weighted by molar-refractivity contribution is -0.113. The minimum atomic E-state index is -0.414. The van der Waals surface area contributed by atoms with Crippen molar-refractivity contribution in [1.29, 1.82) is 0 Å². The number of hydrogen-bond acceptors (Lipinski definition) is 3. The Hall–Kier alpha value is -1.58. The monoisotopic (exact) mass is 210 g/mol. The van der Waals surface area contributed by atoms with Crippen LogP contribution in [-0.2, 0) is 4.79 Å². The number of carbonyl (C=O) groups excluding carboxylic acids is 1. The lowest BCUT2D eigenvalue weighted by Crippen LogP contribution is -2.24. The maximum atomic E-state index is 11.0. The number of hydrogen-bond donors (Lipinski definition) is 2. The molecular formula is C11H18N2O2. The number of rotatable bonds is 2. The predicted octanol–water partition coefficient (Wildman–Crippen LogP) is 2.21. The van der Waals surface area contributed by atoms with Gasteiger partial charge in [0.2, 0.25) is 0 Å². The van der Waals surface area contributed by atoms with Crippen LogP contribution in [0.1, 0.15) is 33.6 Å². The molecule has 0 heterocycles. The number of carbonyl (C=O) groups is 1. The highest BCUT2D eigenvalue weighted by atomic mass is 16.4. The van der Waals surface area contributed by atoms with E-state index in [0.717, 1.165) is 30.3 Å². The molecule has 1 aliphatic rings. The molecule has 1 aliphatic carbocycles. The largest absolute Gasteiger partial charge is 0.411 e. The number of nitrogens with zero attached hydrogens (tertiary/aromatic N) is 1. The molecule has 0 bridgehead atoms. The second-order valence-electron chi connectivity index (χ2n) is 2.82.